The number of nitrogens with zero attached hydrogens (tertiary/aromatic N) is 3. The van der Waals surface area contributed by atoms with E-state index in [2.05, 4.69) is 10.3 Å². The van der Waals surface area contributed by atoms with Gasteiger partial charge in [-0.05, 0) is 32.0 Å². The molecular formula is C11H12ClN3O. The van der Waals surface area contributed by atoms with Crippen molar-refractivity contribution in [2.75, 3.05) is 0 Å². The van der Waals surface area contributed by atoms with E-state index in [4.69, 9.17) is 11.6 Å². The van der Waals surface area contributed by atoms with Gasteiger partial charge in [0.25, 0.3) is 0 Å². The Morgan fingerprint density at radius 3 is 2.75 bits per heavy atom. The lowest BCUT2D eigenvalue weighted by atomic mass is 10.1. The minimum atomic E-state index is -0.994. The highest BCUT2D eigenvalue weighted by Crippen LogP contribution is 2.22. The zero-order valence-corrected chi connectivity index (χ0v) is 9.81. The van der Waals surface area contributed by atoms with Gasteiger partial charge < -0.3 is 5.11 Å². The summed E-state index contributed by atoms with van der Waals surface area (Å²) in [6.07, 6.45) is 1.54. The molecule has 0 atom stereocenters. The Hall–Kier alpha value is -1.39. The summed E-state index contributed by atoms with van der Waals surface area (Å²) in [6, 6.07) is 7.24. The number of benzene rings is 1. The number of aliphatic hydroxyl groups is 1. The topological polar surface area (TPSA) is 50.9 Å². The first-order valence-corrected chi connectivity index (χ1v) is 5.26. The second-order valence-electron chi connectivity index (χ2n) is 4.07. The molecule has 0 bridgehead atoms. The van der Waals surface area contributed by atoms with Gasteiger partial charge in [0.05, 0.1) is 17.6 Å². The highest BCUT2D eigenvalue weighted by Gasteiger charge is 2.22. The Morgan fingerprint density at radius 1 is 1.38 bits per heavy atom. The lowest BCUT2D eigenvalue weighted by molar-refractivity contribution is 0.0711. The quantitative estimate of drug-likeness (QED) is 0.871. The van der Waals surface area contributed by atoms with E-state index >= 15 is 0 Å². The van der Waals surface area contributed by atoms with Crippen molar-refractivity contribution in [1.29, 1.82) is 0 Å². The lowest BCUT2D eigenvalue weighted by Crippen LogP contribution is -2.20. The van der Waals surface area contributed by atoms with Crippen molar-refractivity contribution in [3.05, 3.63) is 41.2 Å². The minimum Gasteiger partial charge on any atom is -0.384 e. The zero-order chi connectivity index (χ0) is 11.8. The van der Waals surface area contributed by atoms with Crippen molar-refractivity contribution in [2.24, 2.45) is 0 Å². The van der Waals surface area contributed by atoms with Crippen molar-refractivity contribution in [3.8, 4) is 5.69 Å². The van der Waals surface area contributed by atoms with Gasteiger partial charge in [-0.2, -0.15) is 0 Å². The molecule has 0 aliphatic rings. The zero-order valence-electron chi connectivity index (χ0n) is 9.05. The standard InChI is InChI=1S/C11H12ClN3O/c1-11(2,16)10-7-13-14-15(10)9-5-3-4-8(12)6-9/h3-7,16H,1-2H3. The third-order valence-electron chi connectivity index (χ3n) is 2.23. The summed E-state index contributed by atoms with van der Waals surface area (Å²) in [5.74, 6) is 0. The van der Waals surface area contributed by atoms with Crippen LogP contribution in [-0.4, -0.2) is 20.1 Å². The smallest absolute Gasteiger partial charge is 0.103 e. The van der Waals surface area contributed by atoms with Crippen LogP contribution >= 0.6 is 11.6 Å². The molecule has 0 amide bonds. The van der Waals surface area contributed by atoms with Crippen LogP contribution in [0, 0.1) is 0 Å². The third-order valence-corrected chi connectivity index (χ3v) is 2.46. The summed E-state index contributed by atoms with van der Waals surface area (Å²) in [5.41, 5.74) is 0.406. The van der Waals surface area contributed by atoms with Crippen LogP contribution in [0.1, 0.15) is 19.5 Å². The third kappa shape index (κ3) is 2.08. The van der Waals surface area contributed by atoms with Gasteiger partial charge in [0.2, 0.25) is 0 Å². The number of rotatable bonds is 2. The normalized spacial score (nSPS) is 11.8. The van der Waals surface area contributed by atoms with E-state index in [-0.39, 0.29) is 0 Å². The molecule has 0 saturated heterocycles. The van der Waals surface area contributed by atoms with Crippen molar-refractivity contribution in [2.45, 2.75) is 19.4 Å². The van der Waals surface area contributed by atoms with E-state index in [1.807, 2.05) is 12.1 Å². The van der Waals surface area contributed by atoms with Gasteiger partial charge in [-0.1, -0.05) is 22.9 Å². The van der Waals surface area contributed by atoms with E-state index in [1.165, 1.54) is 0 Å². The summed E-state index contributed by atoms with van der Waals surface area (Å²) in [7, 11) is 0. The van der Waals surface area contributed by atoms with Crippen molar-refractivity contribution < 1.29 is 5.11 Å². The molecule has 1 N–H and O–H groups in total. The summed E-state index contributed by atoms with van der Waals surface area (Å²) >= 11 is 5.90. The molecule has 84 valence electrons. The Labute approximate surface area is 98.5 Å². The van der Waals surface area contributed by atoms with E-state index in [0.717, 1.165) is 5.69 Å². The van der Waals surface area contributed by atoms with Gasteiger partial charge in [0.1, 0.15) is 5.60 Å². The Morgan fingerprint density at radius 2 is 2.12 bits per heavy atom. The number of hydrogen-bond donors (Lipinski definition) is 1. The molecule has 4 nitrogen and oxygen atoms in total. The van der Waals surface area contributed by atoms with Gasteiger partial charge in [0.15, 0.2) is 0 Å². The van der Waals surface area contributed by atoms with Crippen LogP contribution in [-0.2, 0) is 5.60 Å². The van der Waals surface area contributed by atoms with Gasteiger partial charge in [-0.25, -0.2) is 4.68 Å². The Bertz CT molecular complexity index is 502. The predicted molar refractivity (Wildman–Crippen MR) is 61.6 cm³/mol. The molecule has 1 heterocycles. The van der Waals surface area contributed by atoms with Gasteiger partial charge in [-0.15, -0.1) is 5.10 Å². The highest BCUT2D eigenvalue weighted by atomic mass is 35.5. The number of aromatic nitrogens is 3. The van der Waals surface area contributed by atoms with Gasteiger partial charge in [-0.3, -0.25) is 0 Å². The molecule has 0 fully saturated rings. The first kappa shape index (κ1) is 11.1. The average Bonchev–Trinajstić information content (AvgIpc) is 2.65. The predicted octanol–water partition coefficient (Wildman–Crippen LogP) is 2.15. The monoisotopic (exact) mass is 237 g/mol. The maximum atomic E-state index is 9.96. The molecule has 2 aromatic rings. The molecule has 0 spiro atoms. The van der Waals surface area contributed by atoms with Crippen LogP contribution in [0.4, 0.5) is 0 Å². The second kappa shape index (κ2) is 3.88. The van der Waals surface area contributed by atoms with Crippen LogP contribution < -0.4 is 0 Å². The summed E-state index contributed by atoms with van der Waals surface area (Å²) in [4.78, 5) is 0. The fourth-order valence-corrected chi connectivity index (χ4v) is 1.64. The summed E-state index contributed by atoms with van der Waals surface area (Å²) in [5, 5.41) is 18.3. The molecule has 0 aliphatic heterocycles. The molecule has 0 saturated carbocycles. The Balaban J connectivity index is 2.53. The second-order valence-corrected chi connectivity index (χ2v) is 4.51. The number of hydrogen-bond acceptors (Lipinski definition) is 3. The number of halogens is 1. The van der Waals surface area contributed by atoms with Gasteiger partial charge >= 0.3 is 0 Å². The molecular weight excluding hydrogens is 226 g/mol. The first-order valence-electron chi connectivity index (χ1n) is 4.88. The first-order chi connectivity index (χ1) is 7.48. The van der Waals surface area contributed by atoms with E-state index in [0.29, 0.717) is 10.7 Å². The minimum absolute atomic E-state index is 0.620. The summed E-state index contributed by atoms with van der Waals surface area (Å²) < 4.78 is 1.58. The van der Waals surface area contributed by atoms with E-state index in [9.17, 15) is 5.11 Å². The SMILES string of the molecule is CC(C)(O)c1cnnn1-c1cccc(Cl)c1. The van der Waals surface area contributed by atoms with Crippen LogP contribution in [0.3, 0.4) is 0 Å². The molecule has 0 radical (unpaired) electrons. The van der Waals surface area contributed by atoms with E-state index in [1.54, 1.807) is 36.9 Å². The van der Waals surface area contributed by atoms with Crippen molar-refractivity contribution in [3.63, 3.8) is 0 Å². The van der Waals surface area contributed by atoms with Crippen LogP contribution in [0.15, 0.2) is 30.5 Å². The van der Waals surface area contributed by atoms with Crippen molar-refractivity contribution >= 4 is 11.6 Å². The average molecular weight is 238 g/mol. The van der Waals surface area contributed by atoms with E-state index < -0.39 is 5.60 Å². The fraction of sp³-hybridized carbons (Fsp3) is 0.273. The molecule has 1 aromatic heterocycles. The van der Waals surface area contributed by atoms with Crippen LogP contribution in [0.2, 0.25) is 5.02 Å². The lowest BCUT2D eigenvalue weighted by Gasteiger charge is -2.17. The Kier molecular flexibility index (Phi) is 2.69. The van der Waals surface area contributed by atoms with Gasteiger partial charge in [0, 0.05) is 5.02 Å². The molecule has 2 rings (SSSR count). The summed E-state index contributed by atoms with van der Waals surface area (Å²) in [6.45, 7) is 3.37. The molecule has 0 aliphatic carbocycles. The maximum absolute atomic E-state index is 9.96. The van der Waals surface area contributed by atoms with Crippen LogP contribution in [0.25, 0.3) is 5.69 Å². The van der Waals surface area contributed by atoms with Crippen molar-refractivity contribution in [1.82, 2.24) is 15.0 Å². The largest absolute Gasteiger partial charge is 0.384 e. The molecule has 1 aromatic carbocycles. The molecule has 16 heavy (non-hydrogen) atoms. The highest BCUT2D eigenvalue weighted by molar-refractivity contribution is 6.30. The van der Waals surface area contributed by atoms with Crippen LogP contribution in [0.5, 0.6) is 0 Å². The fourth-order valence-electron chi connectivity index (χ4n) is 1.45. The maximum Gasteiger partial charge on any atom is 0.103 e. The molecule has 0 unspecified atom stereocenters. The molecule has 5 heteroatoms.